The number of pyridine rings is 1. The molecule has 17 heavy (non-hydrogen) atoms. The van der Waals surface area contributed by atoms with Crippen molar-refractivity contribution < 1.29 is 9.90 Å². The summed E-state index contributed by atoms with van der Waals surface area (Å²) in [5.41, 5.74) is 1.25. The molecule has 1 rings (SSSR count). The summed E-state index contributed by atoms with van der Waals surface area (Å²) < 4.78 is 0. The number of hydrogen-bond donors (Lipinski definition) is 1. The second-order valence-corrected chi connectivity index (χ2v) is 4.36. The zero-order valence-corrected chi connectivity index (χ0v) is 10.5. The molecule has 0 unspecified atom stereocenters. The van der Waals surface area contributed by atoms with Gasteiger partial charge in [0, 0.05) is 12.4 Å². The lowest BCUT2D eigenvalue weighted by Crippen LogP contribution is -2.03. The zero-order chi connectivity index (χ0) is 12.5. The second-order valence-electron chi connectivity index (χ2n) is 4.36. The van der Waals surface area contributed by atoms with Crippen LogP contribution >= 0.6 is 0 Å². The van der Waals surface area contributed by atoms with Crippen molar-refractivity contribution in [2.75, 3.05) is 0 Å². The number of hydrogen-bond acceptors (Lipinski definition) is 2. The molecule has 1 heterocycles. The standard InChI is InChI=1S/C14H21NO2/c1-2-3-4-5-6-7-8-12-9-10-15-11-13(12)14(16)17/h9-11H,2-8H2,1H3,(H,16,17). The van der Waals surface area contributed by atoms with Gasteiger partial charge in [0.2, 0.25) is 0 Å². The van der Waals surface area contributed by atoms with Crippen molar-refractivity contribution in [3.63, 3.8) is 0 Å². The van der Waals surface area contributed by atoms with Crippen molar-refractivity contribution in [3.05, 3.63) is 29.6 Å². The summed E-state index contributed by atoms with van der Waals surface area (Å²) in [5.74, 6) is -0.876. The van der Waals surface area contributed by atoms with E-state index in [1.165, 1.54) is 38.3 Å². The molecule has 0 atom stereocenters. The summed E-state index contributed by atoms with van der Waals surface area (Å²) in [6, 6.07) is 1.81. The topological polar surface area (TPSA) is 50.2 Å². The molecule has 0 saturated heterocycles. The minimum atomic E-state index is -0.876. The lowest BCUT2D eigenvalue weighted by molar-refractivity contribution is 0.0695. The molecule has 3 nitrogen and oxygen atoms in total. The van der Waals surface area contributed by atoms with Gasteiger partial charge >= 0.3 is 5.97 Å². The molecular weight excluding hydrogens is 214 g/mol. The summed E-state index contributed by atoms with van der Waals surface area (Å²) in [7, 11) is 0. The van der Waals surface area contributed by atoms with Crippen LogP contribution in [0.4, 0.5) is 0 Å². The van der Waals surface area contributed by atoms with Gasteiger partial charge in [0.25, 0.3) is 0 Å². The third-order valence-corrected chi connectivity index (χ3v) is 2.94. The first kappa shape index (κ1) is 13.7. The molecule has 0 bridgehead atoms. The molecule has 94 valence electrons. The molecule has 1 aromatic heterocycles. The Bertz CT molecular complexity index is 350. The van der Waals surface area contributed by atoms with Gasteiger partial charge < -0.3 is 5.11 Å². The Morgan fingerprint density at radius 1 is 1.24 bits per heavy atom. The fourth-order valence-electron chi connectivity index (χ4n) is 1.93. The van der Waals surface area contributed by atoms with Gasteiger partial charge in [-0.2, -0.15) is 0 Å². The van der Waals surface area contributed by atoms with E-state index in [1.54, 1.807) is 6.20 Å². The van der Waals surface area contributed by atoms with Gasteiger partial charge in [-0.15, -0.1) is 0 Å². The quantitative estimate of drug-likeness (QED) is 0.699. The molecule has 0 aliphatic rings. The van der Waals surface area contributed by atoms with Crippen LogP contribution < -0.4 is 0 Å². The Balaban J connectivity index is 2.34. The van der Waals surface area contributed by atoms with E-state index < -0.39 is 5.97 Å². The monoisotopic (exact) mass is 235 g/mol. The van der Waals surface area contributed by atoms with Crippen LogP contribution in [0.2, 0.25) is 0 Å². The fraction of sp³-hybridized carbons (Fsp3) is 0.571. The predicted octanol–water partition coefficient (Wildman–Crippen LogP) is 3.68. The first-order chi connectivity index (χ1) is 8.25. The summed E-state index contributed by atoms with van der Waals surface area (Å²) in [6.45, 7) is 2.20. The number of carbonyl (C=O) groups is 1. The van der Waals surface area contributed by atoms with Gasteiger partial charge in [0.15, 0.2) is 0 Å². The van der Waals surface area contributed by atoms with Gasteiger partial charge in [0.1, 0.15) is 0 Å². The van der Waals surface area contributed by atoms with E-state index in [4.69, 9.17) is 5.11 Å². The molecule has 0 radical (unpaired) electrons. The van der Waals surface area contributed by atoms with Crippen molar-refractivity contribution in [3.8, 4) is 0 Å². The lowest BCUT2D eigenvalue weighted by atomic mass is 10.0. The second kappa shape index (κ2) is 7.82. The number of carboxylic acid groups (broad SMARTS) is 1. The maximum Gasteiger partial charge on any atom is 0.337 e. The number of aromatic carboxylic acids is 1. The van der Waals surface area contributed by atoms with Gasteiger partial charge in [-0.1, -0.05) is 39.0 Å². The van der Waals surface area contributed by atoms with Crippen LogP contribution in [-0.2, 0) is 6.42 Å². The largest absolute Gasteiger partial charge is 0.478 e. The molecule has 0 spiro atoms. The molecule has 0 amide bonds. The van der Waals surface area contributed by atoms with E-state index in [2.05, 4.69) is 11.9 Å². The fourth-order valence-corrected chi connectivity index (χ4v) is 1.93. The van der Waals surface area contributed by atoms with Crippen molar-refractivity contribution in [2.24, 2.45) is 0 Å². The van der Waals surface area contributed by atoms with E-state index >= 15 is 0 Å². The normalized spacial score (nSPS) is 10.4. The minimum absolute atomic E-state index is 0.348. The van der Waals surface area contributed by atoms with Crippen LogP contribution in [-0.4, -0.2) is 16.1 Å². The third-order valence-electron chi connectivity index (χ3n) is 2.94. The van der Waals surface area contributed by atoms with Crippen LogP contribution in [0.25, 0.3) is 0 Å². The number of rotatable bonds is 8. The Labute approximate surface area is 103 Å². The molecule has 0 aromatic carbocycles. The van der Waals surface area contributed by atoms with Crippen LogP contribution in [0.15, 0.2) is 18.5 Å². The first-order valence-corrected chi connectivity index (χ1v) is 6.42. The number of carboxylic acids is 1. The zero-order valence-electron chi connectivity index (χ0n) is 10.5. The maximum absolute atomic E-state index is 11.0. The van der Waals surface area contributed by atoms with Gasteiger partial charge in [-0.05, 0) is 24.5 Å². The van der Waals surface area contributed by atoms with E-state index in [-0.39, 0.29) is 0 Å². The Morgan fingerprint density at radius 3 is 2.65 bits per heavy atom. The highest BCUT2D eigenvalue weighted by atomic mass is 16.4. The molecule has 1 N–H and O–H groups in total. The predicted molar refractivity (Wildman–Crippen MR) is 68.3 cm³/mol. The van der Waals surface area contributed by atoms with Gasteiger partial charge in [0.05, 0.1) is 5.56 Å². The van der Waals surface area contributed by atoms with Gasteiger partial charge in [-0.25, -0.2) is 4.79 Å². The molecule has 1 aromatic rings. The third kappa shape index (κ3) is 4.98. The highest BCUT2D eigenvalue weighted by molar-refractivity contribution is 5.88. The number of unbranched alkanes of at least 4 members (excludes halogenated alkanes) is 5. The Morgan fingerprint density at radius 2 is 1.94 bits per heavy atom. The van der Waals surface area contributed by atoms with Crippen molar-refractivity contribution in [1.29, 1.82) is 0 Å². The van der Waals surface area contributed by atoms with E-state index in [0.717, 1.165) is 18.4 Å². The SMILES string of the molecule is CCCCCCCCc1ccncc1C(=O)O. The maximum atomic E-state index is 11.0. The van der Waals surface area contributed by atoms with Crippen LogP contribution in [0.5, 0.6) is 0 Å². The summed E-state index contributed by atoms with van der Waals surface area (Å²) >= 11 is 0. The molecule has 0 saturated carbocycles. The number of nitrogens with zero attached hydrogens (tertiary/aromatic N) is 1. The molecule has 0 aliphatic heterocycles. The van der Waals surface area contributed by atoms with Crippen molar-refractivity contribution in [2.45, 2.75) is 51.9 Å². The van der Waals surface area contributed by atoms with Crippen LogP contribution in [0.1, 0.15) is 61.4 Å². The van der Waals surface area contributed by atoms with Crippen molar-refractivity contribution >= 4 is 5.97 Å². The lowest BCUT2D eigenvalue weighted by Gasteiger charge is -2.05. The van der Waals surface area contributed by atoms with E-state index in [9.17, 15) is 4.79 Å². The molecular formula is C14H21NO2. The number of aromatic nitrogens is 1. The van der Waals surface area contributed by atoms with Crippen LogP contribution in [0.3, 0.4) is 0 Å². The number of aryl methyl sites for hydroxylation is 1. The highest BCUT2D eigenvalue weighted by Gasteiger charge is 2.08. The van der Waals surface area contributed by atoms with E-state index in [1.807, 2.05) is 6.07 Å². The molecule has 0 aliphatic carbocycles. The average Bonchev–Trinajstić information content (AvgIpc) is 2.34. The van der Waals surface area contributed by atoms with Gasteiger partial charge in [-0.3, -0.25) is 4.98 Å². The first-order valence-electron chi connectivity index (χ1n) is 6.42. The Kier molecular flexibility index (Phi) is 6.30. The van der Waals surface area contributed by atoms with E-state index in [0.29, 0.717) is 5.56 Å². The average molecular weight is 235 g/mol. The molecule has 0 fully saturated rings. The highest BCUT2D eigenvalue weighted by Crippen LogP contribution is 2.13. The summed E-state index contributed by atoms with van der Waals surface area (Å²) in [6.07, 6.45) is 11.3. The van der Waals surface area contributed by atoms with Crippen molar-refractivity contribution in [1.82, 2.24) is 4.98 Å². The summed E-state index contributed by atoms with van der Waals surface area (Å²) in [5, 5.41) is 9.00. The Hall–Kier alpha value is -1.38. The van der Waals surface area contributed by atoms with Crippen LogP contribution in [0, 0.1) is 0 Å². The smallest absolute Gasteiger partial charge is 0.337 e. The molecule has 3 heteroatoms. The minimum Gasteiger partial charge on any atom is -0.478 e. The summed E-state index contributed by atoms with van der Waals surface area (Å²) in [4.78, 5) is 14.8.